The average Bonchev–Trinajstić information content (AvgIpc) is 3.05. The lowest BCUT2D eigenvalue weighted by molar-refractivity contribution is 0.295. The Kier molecular flexibility index (Phi) is 2.45. The normalized spacial score (nSPS) is 20.9. The van der Waals surface area contributed by atoms with Crippen molar-refractivity contribution >= 4 is 11.6 Å². The van der Waals surface area contributed by atoms with Crippen molar-refractivity contribution in [2.24, 2.45) is 5.73 Å². The summed E-state index contributed by atoms with van der Waals surface area (Å²) in [5.41, 5.74) is 5.82. The fourth-order valence-corrected chi connectivity index (χ4v) is 2.28. The molecule has 2 aliphatic rings. The number of hydrogen-bond acceptors (Lipinski definition) is 3. The van der Waals surface area contributed by atoms with Crippen LogP contribution in [0.1, 0.15) is 24.8 Å². The van der Waals surface area contributed by atoms with E-state index in [0.29, 0.717) is 30.3 Å². The Morgan fingerprint density at radius 3 is 2.71 bits per heavy atom. The van der Waals surface area contributed by atoms with Crippen LogP contribution in [0.2, 0.25) is 5.02 Å². The highest BCUT2D eigenvalue weighted by molar-refractivity contribution is 6.31. The molecule has 1 aliphatic carbocycles. The molecule has 5 heteroatoms. The molecule has 0 saturated heterocycles. The molecule has 1 heterocycles. The van der Waals surface area contributed by atoms with E-state index in [4.69, 9.17) is 26.8 Å². The first-order valence-electron chi connectivity index (χ1n) is 5.69. The second kappa shape index (κ2) is 3.75. The molecule has 0 unspecified atom stereocenters. The van der Waals surface area contributed by atoms with Gasteiger partial charge in [-0.2, -0.15) is 0 Å². The number of rotatable bonds is 1. The molecule has 0 aromatic heterocycles. The van der Waals surface area contributed by atoms with E-state index in [-0.39, 0.29) is 5.02 Å². The molecular weight excluding hydrogens is 245 g/mol. The molecule has 1 saturated carbocycles. The Labute approximate surface area is 104 Å². The largest absolute Gasteiger partial charge is 0.489 e. The van der Waals surface area contributed by atoms with E-state index in [9.17, 15) is 4.39 Å². The van der Waals surface area contributed by atoms with Crippen LogP contribution in [0.5, 0.6) is 11.5 Å². The summed E-state index contributed by atoms with van der Waals surface area (Å²) < 4.78 is 25.2. The molecule has 1 aromatic rings. The lowest BCUT2D eigenvalue weighted by Gasteiger charge is -2.18. The first kappa shape index (κ1) is 11.1. The molecule has 17 heavy (non-hydrogen) atoms. The maximum Gasteiger partial charge on any atom is 0.169 e. The second-order valence-electron chi connectivity index (χ2n) is 4.58. The fourth-order valence-electron chi connectivity index (χ4n) is 2.08. The van der Waals surface area contributed by atoms with Gasteiger partial charge >= 0.3 is 0 Å². The van der Waals surface area contributed by atoms with Crippen molar-refractivity contribution < 1.29 is 13.9 Å². The summed E-state index contributed by atoms with van der Waals surface area (Å²) >= 11 is 5.87. The number of halogens is 2. The van der Waals surface area contributed by atoms with Crippen molar-refractivity contribution in [3.8, 4) is 11.5 Å². The third-order valence-electron chi connectivity index (χ3n) is 3.22. The molecule has 92 valence electrons. The highest BCUT2D eigenvalue weighted by atomic mass is 35.5. The Bertz CT molecular complexity index is 474. The van der Waals surface area contributed by atoms with Crippen molar-refractivity contribution in [1.29, 1.82) is 0 Å². The number of ether oxygens (including phenoxy) is 2. The quantitative estimate of drug-likeness (QED) is 0.841. The summed E-state index contributed by atoms with van der Waals surface area (Å²) in [6.45, 7) is 1.06. The molecule has 1 aliphatic heterocycles. The number of benzene rings is 1. The zero-order valence-corrected chi connectivity index (χ0v) is 10.0. The molecule has 0 amide bonds. The summed E-state index contributed by atoms with van der Waals surface area (Å²) in [6.07, 6.45) is 2.27. The van der Waals surface area contributed by atoms with Gasteiger partial charge in [0.25, 0.3) is 0 Å². The van der Waals surface area contributed by atoms with Crippen LogP contribution >= 0.6 is 11.6 Å². The predicted octanol–water partition coefficient (Wildman–Crippen LogP) is 2.59. The van der Waals surface area contributed by atoms with Crippen LogP contribution in [-0.2, 0) is 5.54 Å². The second-order valence-corrected chi connectivity index (χ2v) is 4.99. The molecule has 3 rings (SSSR count). The van der Waals surface area contributed by atoms with Gasteiger partial charge in [0.15, 0.2) is 17.3 Å². The smallest absolute Gasteiger partial charge is 0.169 e. The number of hydrogen-bond donors (Lipinski definition) is 1. The molecular formula is C12H13ClFNO2. The van der Waals surface area contributed by atoms with Crippen LogP contribution in [0, 0.1) is 5.82 Å². The van der Waals surface area contributed by atoms with Gasteiger partial charge in [-0.05, 0) is 12.8 Å². The van der Waals surface area contributed by atoms with Gasteiger partial charge in [0, 0.05) is 18.0 Å². The summed E-state index contributed by atoms with van der Waals surface area (Å²) in [7, 11) is 0. The van der Waals surface area contributed by atoms with Gasteiger partial charge in [0.2, 0.25) is 0 Å². The zero-order chi connectivity index (χ0) is 12.0. The molecule has 1 fully saturated rings. The molecule has 0 atom stereocenters. The topological polar surface area (TPSA) is 44.5 Å². The maximum absolute atomic E-state index is 14.1. The molecule has 3 nitrogen and oxygen atoms in total. The molecule has 0 spiro atoms. The Morgan fingerprint density at radius 1 is 1.29 bits per heavy atom. The highest BCUT2D eigenvalue weighted by Crippen LogP contribution is 2.52. The van der Waals surface area contributed by atoms with Crippen LogP contribution < -0.4 is 15.2 Å². The van der Waals surface area contributed by atoms with Crippen LogP contribution in [0.25, 0.3) is 0 Å². The van der Waals surface area contributed by atoms with Gasteiger partial charge in [0.1, 0.15) is 0 Å². The van der Waals surface area contributed by atoms with Gasteiger partial charge in [-0.3, -0.25) is 0 Å². The van der Waals surface area contributed by atoms with Crippen LogP contribution in [0.3, 0.4) is 0 Å². The van der Waals surface area contributed by atoms with Crippen molar-refractivity contribution in [3.63, 3.8) is 0 Å². The minimum Gasteiger partial charge on any atom is -0.489 e. The van der Waals surface area contributed by atoms with Crippen LogP contribution in [0.4, 0.5) is 4.39 Å². The first-order valence-corrected chi connectivity index (χ1v) is 6.06. The van der Waals surface area contributed by atoms with Gasteiger partial charge in [0.05, 0.1) is 23.8 Å². The lowest BCUT2D eigenvalue weighted by atomic mass is 10.0. The van der Waals surface area contributed by atoms with Gasteiger partial charge in [-0.15, -0.1) is 0 Å². The SMILES string of the molecule is NC1(c2c(F)c(Cl)cc3c2OCCCO3)CC1. The van der Waals surface area contributed by atoms with Gasteiger partial charge in [-0.25, -0.2) is 4.39 Å². The van der Waals surface area contributed by atoms with E-state index >= 15 is 0 Å². The molecule has 1 aromatic carbocycles. The van der Waals surface area contributed by atoms with E-state index in [1.54, 1.807) is 0 Å². The minimum absolute atomic E-state index is 0.0426. The monoisotopic (exact) mass is 257 g/mol. The van der Waals surface area contributed by atoms with E-state index in [0.717, 1.165) is 19.3 Å². The summed E-state index contributed by atoms with van der Waals surface area (Å²) in [5, 5.41) is 0.0426. The standard InChI is InChI=1S/C12H13ClFNO2/c13-7-6-8-11(17-5-1-4-16-8)9(10(7)14)12(15)2-3-12/h6H,1-5,15H2. The van der Waals surface area contributed by atoms with Crippen LogP contribution in [0.15, 0.2) is 6.07 Å². The van der Waals surface area contributed by atoms with E-state index in [2.05, 4.69) is 0 Å². The summed E-state index contributed by atoms with van der Waals surface area (Å²) in [5.74, 6) is 0.459. The van der Waals surface area contributed by atoms with Gasteiger partial charge in [-0.1, -0.05) is 11.6 Å². The Hall–Kier alpha value is -1.00. The molecule has 0 bridgehead atoms. The van der Waals surface area contributed by atoms with Crippen molar-refractivity contribution in [3.05, 3.63) is 22.5 Å². The van der Waals surface area contributed by atoms with E-state index in [1.165, 1.54) is 6.07 Å². The van der Waals surface area contributed by atoms with Gasteiger partial charge < -0.3 is 15.2 Å². The van der Waals surface area contributed by atoms with E-state index in [1.807, 2.05) is 0 Å². The summed E-state index contributed by atoms with van der Waals surface area (Å²) in [6, 6.07) is 1.47. The lowest BCUT2D eigenvalue weighted by Crippen LogP contribution is -2.22. The Balaban J connectivity index is 2.20. The fraction of sp³-hybridized carbons (Fsp3) is 0.500. The van der Waals surface area contributed by atoms with E-state index < -0.39 is 11.4 Å². The van der Waals surface area contributed by atoms with Crippen molar-refractivity contribution in [2.75, 3.05) is 13.2 Å². The zero-order valence-electron chi connectivity index (χ0n) is 9.26. The first-order chi connectivity index (χ1) is 8.12. The van der Waals surface area contributed by atoms with Crippen molar-refractivity contribution in [2.45, 2.75) is 24.8 Å². The molecule has 0 radical (unpaired) electrons. The highest BCUT2D eigenvalue weighted by Gasteiger charge is 2.46. The Morgan fingerprint density at radius 2 is 2.00 bits per heavy atom. The van der Waals surface area contributed by atoms with Crippen LogP contribution in [-0.4, -0.2) is 13.2 Å². The third kappa shape index (κ3) is 1.76. The maximum atomic E-state index is 14.1. The number of fused-ring (bicyclic) bond motifs is 1. The minimum atomic E-state index is -0.632. The number of nitrogens with two attached hydrogens (primary N) is 1. The molecule has 2 N–H and O–H groups in total. The third-order valence-corrected chi connectivity index (χ3v) is 3.49. The summed E-state index contributed by atoms with van der Waals surface area (Å²) in [4.78, 5) is 0. The van der Waals surface area contributed by atoms with Crippen molar-refractivity contribution in [1.82, 2.24) is 0 Å². The average molecular weight is 258 g/mol. The predicted molar refractivity (Wildman–Crippen MR) is 62.1 cm³/mol.